The summed E-state index contributed by atoms with van der Waals surface area (Å²) in [4.78, 5) is 0. The van der Waals surface area contributed by atoms with Gasteiger partial charge in [0.15, 0.2) is 0 Å². The standard InChI is InChI=1S/C13H21BrN2O/c1-9-4-11(14)6-12(5-9)16-13(7-15)10(2)8-17-3/h4-6,10,13,16H,7-8,15H2,1-3H3. The first-order valence-electron chi connectivity index (χ1n) is 5.79. The van der Waals surface area contributed by atoms with E-state index in [1.165, 1.54) is 5.56 Å². The highest BCUT2D eigenvalue weighted by Gasteiger charge is 2.15. The minimum Gasteiger partial charge on any atom is -0.384 e. The van der Waals surface area contributed by atoms with E-state index in [4.69, 9.17) is 10.5 Å². The minimum absolute atomic E-state index is 0.226. The van der Waals surface area contributed by atoms with Crippen LogP contribution in [0.5, 0.6) is 0 Å². The van der Waals surface area contributed by atoms with Crippen molar-refractivity contribution in [2.75, 3.05) is 25.6 Å². The molecule has 3 nitrogen and oxygen atoms in total. The van der Waals surface area contributed by atoms with Crippen LogP contribution in [-0.4, -0.2) is 26.3 Å². The molecular formula is C13H21BrN2O. The summed E-state index contributed by atoms with van der Waals surface area (Å²) in [6.07, 6.45) is 0. The van der Waals surface area contributed by atoms with Crippen LogP contribution < -0.4 is 11.1 Å². The Balaban J connectivity index is 2.73. The van der Waals surface area contributed by atoms with E-state index in [1.54, 1.807) is 7.11 Å². The van der Waals surface area contributed by atoms with Crippen molar-refractivity contribution >= 4 is 21.6 Å². The Morgan fingerprint density at radius 3 is 2.65 bits per heavy atom. The summed E-state index contributed by atoms with van der Waals surface area (Å²) in [5.74, 6) is 0.379. The van der Waals surface area contributed by atoms with Crippen LogP contribution in [0.4, 0.5) is 5.69 Å². The zero-order valence-corrected chi connectivity index (χ0v) is 12.3. The van der Waals surface area contributed by atoms with Gasteiger partial charge in [-0.3, -0.25) is 0 Å². The van der Waals surface area contributed by atoms with E-state index < -0.39 is 0 Å². The number of aryl methyl sites for hydroxylation is 1. The highest BCUT2D eigenvalue weighted by Crippen LogP contribution is 2.20. The van der Waals surface area contributed by atoms with E-state index >= 15 is 0 Å². The van der Waals surface area contributed by atoms with Gasteiger partial charge in [0.2, 0.25) is 0 Å². The molecule has 0 amide bonds. The summed E-state index contributed by atoms with van der Waals surface area (Å²) in [7, 11) is 1.72. The van der Waals surface area contributed by atoms with Crippen molar-refractivity contribution in [3.63, 3.8) is 0 Å². The number of hydrogen-bond acceptors (Lipinski definition) is 3. The lowest BCUT2D eigenvalue weighted by molar-refractivity contribution is 0.151. The Bertz CT molecular complexity index is 337. The van der Waals surface area contributed by atoms with E-state index in [9.17, 15) is 0 Å². The zero-order chi connectivity index (χ0) is 12.8. The summed E-state index contributed by atoms with van der Waals surface area (Å²) >= 11 is 3.50. The van der Waals surface area contributed by atoms with Crippen molar-refractivity contribution in [3.05, 3.63) is 28.2 Å². The molecular weight excluding hydrogens is 280 g/mol. The molecule has 0 heterocycles. The molecule has 1 aromatic rings. The molecule has 2 atom stereocenters. The molecule has 17 heavy (non-hydrogen) atoms. The van der Waals surface area contributed by atoms with Gasteiger partial charge < -0.3 is 15.8 Å². The second kappa shape index (κ2) is 6.99. The number of benzene rings is 1. The first-order chi connectivity index (χ1) is 8.06. The van der Waals surface area contributed by atoms with E-state index in [0.29, 0.717) is 19.1 Å². The molecule has 96 valence electrons. The molecule has 0 saturated heterocycles. The van der Waals surface area contributed by atoms with Crippen LogP contribution in [0.25, 0.3) is 0 Å². The van der Waals surface area contributed by atoms with Gasteiger partial charge in [-0.15, -0.1) is 0 Å². The monoisotopic (exact) mass is 300 g/mol. The van der Waals surface area contributed by atoms with Crippen LogP contribution >= 0.6 is 15.9 Å². The molecule has 0 radical (unpaired) electrons. The van der Waals surface area contributed by atoms with Gasteiger partial charge in [0.05, 0.1) is 6.61 Å². The maximum Gasteiger partial charge on any atom is 0.0507 e. The number of methoxy groups -OCH3 is 1. The Morgan fingerprint density at radius 1 is 1.41 bits per heavy atom. The highest BCUT2D eigenvalue weighted by atomic mass is 79.9. The summed E-state index contributed by atoms with van der Waals surface area (Å²) in [6.45, 7) is 5.52. The predicted molar refractivity (Wildman–Crippen MR) is 76.4 cm³/mol. The average molecular weight is 301 g/mol. The number of nitrogens with two attached hydrogens (primary N) is 1. The van der Waals surface area contributed by atoms with Crippen LogP contribution in [0.2, 0.25) is 0 Å². The number of anilines is 1. The van der Waals surface area contributed by atoms with Gasteiger partial charge in [0.25, 0.3) is 0 Å². The van der Waals surface area contributed by atoms with Gasteiger partial charge in [0, 0.05) is 35.8 Å². The molecule has 0 bridgehead atoms. The van der Waals surface area contributed by atoms with Crippen molar-refractivity contribution in [1.82, 2.24) is 0 Å². The fourth-order valence-electron chi connectivity index (χ4n) is 1.85. The summed E-state index contributed by atoms with van der Waals surface area (Å²) in [5, 5.41) is 3.46. The van der Waals surface area contributed by atoms with Crippen molar-refractivity contribution in [2.45, 2.75) is 19.9 Å². The van der Waals surface area contributed by atoms with Crippen LogP contribution in [-0.2, 0) is 4.74 Å². The molecule has 0 fully saturated rings. The predicted octanol–water partition coefficient (Wildman–Crippen LogP) is 2.78. The number of ether oxygens (including phenoxy) is 1. The van der Waals surface area contributed by atoms with E-state index in [-0.39, 0.29) is 6.04 Å². The van der Waals surface area contributed by atoms with Crippen LogP contribution in [0, 0.1) is 12.8 Å². The molecule has 0 saturated carbocycles. The number of rotatable bonds is 6. The SMILES string of the molecule is COCC(C)C(CN)Nc1cc(C)cc(Br)c1. The van der Waals surface area contributed by atoms with E-state index in [2.05, 4.69) is 53.3 Å². The van der Waals surface area contributed by atoms with Crippen molar-refractivity contribution in [3.8, 4) is 0 Å². The number of halogens is 1. The molecule has 2 unspecified atom stereocenters. The van der Waals surface area contributed by atoms with Crippen molar-refractivity contribution in [1.29, 1.82) is 0 Å². The fourth-order valence-corrected chi connectivity index (χ4v) is 2.45. The Labute approximate surface area is 112 Å². The highest BCUT2D eigenvalue weighted by molar-refractivity contribution is 9.10. The molecule has 0 aromatic heterocycles. The van der Waals surface area contributed by atoms with Crippen LogP contribution in [0.1, 0.15) is 12.5 Å². The maximum atomic E-state index is 5.80. The Kier molecular flexibility index (Phi) is 5.95. The summed E-state index contributed by atoms with van der Waals surface area (Å²) in [5.41, 5.74) is 8.11. The zero-order valence-electron chi connectivity index (χ0n) is 10.7. The number of hydrogen-bond donors (Lipinski definition) is 2. The molecule has 3 N–H and O–H groups in total. The Hall–Kier alpha value is -0.580. The van der Waals surface area contributed by atoms with Gasteiger partial charge in [-0.25, -0.2) is 0 Å². The first kappa shape index (κ1) is 14.5. The molecule has 1 aromatic carbocycles. The van der Waals surface area contributed by atoms with Gasteiger partial charge in [-0.05, 0) is 30.7 Å². The van der Waals surface area contributed by atoms with Crippen LogP contribution in [0.15, 0.2) is 22.7 Å². The van der Waals surface area contributed by atoms with Gasteiger partial charge >= 0.3 is 0 Å². The van der Waals surface area contributed by atoms with E-state index in [1.807, 2.05) is 0 Å². The van der Waals surface area contributed by atoms with Crippen LogP contribution in [0.3, 0.4) is 0 Å². The number of nitrogens with one attached hydrogen (secondary N) is 1. The second-order valence-corrected chi connectivity index (χ2v) is 5.35. The third-order valence-electron chi connectivity index (χ3n) is 2.76. The summed E-state index contributed by atoms with van der Waals surface area (Å²) in [6, 6.07) is 6.49. The largest absolute Gasteiger partial charge is 0.384 e. The van der Waals surface area contributed by atoms with Gasteiger partial charge in [-0.1, -0.05) is 22.9 Å². The van der Waals surface area contributed by atoms with Crippen molar-refractivity contribution in [2.24, 2.45) is 11.7 Å². The van der Waals surface area contributed by atoms with Crippen molar-refractivity contribution < 1.29 is 4.74 Å². The average Bonchev–Trinajstić information content (AvgIpc) is 2.24. The smallest absolute Gasteiger partial charge is 0.0507 e. The quantitative estimate of drug-likeness (QED) is 0.849. The molecule has 0 spiro atoms. The maximum absolute atomic E-state index is 5.80. The molecule has 4 heteroatoms. The second-order valence-electron chi connectivity index (χ2n) is 4.44. The third-order valence-corrected chi connectivity index (χ3v) is 3.22. The molecule has 0 aliphatic carbocycles. The van der Waals surface area contributed by atoms with Gasteiger partial charge in [0.1, 0.15) is 0 Å². The topological polar surface area (TPSA) is 47.3 Å². The first-order valence-corrected chi connectivity index (χ1v) is 6.59. The lowest BCUT2D eigenvalue weighted by Crippen LogP contribution is -2.37. The van der Waals surface area contributed by atoms with Gasteiger partial charge in [-0.2, -0.15) is 0 Å². The third kappa shape index (κ3) is 4.66. The molecule has 1 rings (SSSR count). The minimum atomic E-state index is 0.226. The lowest BCUT2D eigenvalue weighted by Gasteiger charge is -2.24. The fraction of sp³-hybridized carbons (Fsp3) is 0.538. The Morgan fingerprint density at radius 2 is 2.12 bits per heavy atom. The lowest BCUT2D eigenvalue weighted by atomic mass is 10.0. The molecule has 0 aliphatic rings. The normalized spacial score (nSPS) is 14.4. The molecule has 0 aliphatic heterocycles. The summed E-state index contributed by atoms with van der Waals surface area (Å²) < 4.78 is 6.25. The van der Waals surface area contributed by atoms with E-state index in [0.717, 1.165) is 10.2 Å².